The maximum atomic E-state index is 11.7. The van der Waals surface area contributed by atoms with Crippen molar-refractivity contribution in [3.05, 3.63) is 29.0 Å². The fourth-order valence-corrected chi connectivity index (χ4v) is 1.30. The Morgan fingerprint density at radius 1 is 1.53 bits per heavy atom. The van der Waals surface area contributed by atoms with Gasteiger partial charge in [-0.25, -0.2) is 9.78 Å². The Balaban J connectivity index is 2.63. The zero-order valence-electron chi connectivity index (χ0n) is 9.57. The molecular formula is C11H13ClN2O3. The third-order valence-electron chi connectivity index (χ3n) is 1.94. The highest BCUT2D eigenvalue weighted by Gasteiger charge is 2.18. The van der Waals surface area contributed by atoms with Crippen LogP contribution in [0.25, 0.3) is 0 Å². The molecule has 5 nitrogen and oxygen atoms in total. The predicted octanol–water partition coefficient (Wildman–Crippen LogP) is 1.42. The lowest BCUT2D eigenvalue weighted by Gasteiger charge is -2.12. The summed E-state index contributed by atoms with van der Waals surface area (Å²) < 4.78 is 4.76. The Kier molecular flexibility index (Phi) is 4.90. The second-order valence-corrected chi connectivity index (χ2v) is 3.68. The quantitative estimate of drug-likeness (QED) is 0.653. The number of carbonyl (C=O) groups is 2. The first kappa shape index (κ1) is 13.4. The van der Waals surface area contributed by atoms with Crippen LogP contribution in [-0.4, -0.2) is 29.5 Å². The Bertz CT molecular complexity index is 423. The van der Waals surface area contributed by atoms with Crippen molar-refractivity contribution in [1.29, 1.82) is 0 Å². The first-order chi connectivity index (χ1) is 8.04. The number of rotatable bonds is 4. The number of nitrogens with zero attached hydrogens (tertiary/aromatic N) is 1. The fourth-order valence-electron chi connectivity index (χ4n) is 1.13. The van der Waals surface area contributed by atoms with E-state index < -0.39 is 17.9 Å². The molecule has 0 aliphatic carbocycles. The molecule has 0 saturated heterocycles. The molecule has 1 N–H and O–H groups in total. The number of hydrogen-bond donors (Lipinski definition) is 1. The normalized spacial score (nSPS) is 11.7. The van der Waals surface area contributed by atoms with Crippen LogP contribution in [0.15, 0.2) is 18.2 Å². The largest absolute Gasteiger partial charge is 0.464 e. The first-order valence-electron chi connectivity index (χ1n) is 5.14. The van der Waals surface area contributed by atoms with Crippen LogP contribution in [0, 0.1) is 0 Å². The minimum absolute atomic E-state index is 0.161. The number of ether oxygens (including phenoxy) is 1. The molecule has 17 heavy (non-hydrogen) atoms. The van der Waals surface area contributed by atoms with Crippen molar-refractivity contribution in [1.82, 2.24) is 10.3 Å². The van der Waals surface area contributed by atoms with Crippen molar-refractivity contribution in [3.63, 3.8) is 0 Å². The van der Waals surface area contributed by atoms with Gasteiger partial charge in [0.15, 0.2) is 0 Å². The molecule has 1 amide bonds. The number of nitrogens with one attached hydrogen (secondary N) is 1. The summed E-state index contributed by atoms with van der Waals surface area (Å²) in [7, 11) is 0. The number of esters is 1. The van der Waals surface area contributed by atoms with E-state index in [4.69, 9.17) is 16.3 Å². The molecule has 0 saturated carbocycles. The van der Waals surface area contributed by atoms with Gasteiger partial charge in [-0.1, -0.05) is 17.7 Å². The Hall–Kier alpha value is -1.62. The standard InChI is InChI=1S/C11H13ClN2O3/c1-3-17-11(16)7(2)13-10(15)8-5-4-6-9(12)14-8/h4-7H,3H2,1-2H3,(H,13,15). The minimum atomic E-state index is -0.719. The highest BCUT2D eigenvalue weighted by Crippen LogP contribution is 2.05. The van der Waals surface area contributed by atoms with Crippen molar-refractivity contribution in [2.45, 2.75) is 19.9 Å². The lowest BCUT2D eigenvalue weighted by molar-refractivity contribution is -0.144. The molecule has 1 unspecified atom stereocenters. The maximum absolute atomic E-state index is 11.7. The van der Waals surface area contributed by atoms with Crippen molar-refractivity contribution < 1.29 is 14.3 Å². The molecule has 0 radical (unpaired) electrons. The van der Waals surface area contributed by atoms with Gasteiger partial charge in [0, 0.05) is 0 Å². The summed E-state index contributed by atoms with van der Waals surface area (Å²) >= 11 is 5.66. The molecule has 6 heteroatoms. The van der Waals surface area contributed by atoms with Gasteiger partial charge in [-0.2, -0.15) is 0 Å². The zero-order chi connectivity index (χ0) is 12.8. The summed E-state index contributed by atoms with van der Waals surface area (Å²) in [5, 5.41) is 2.70. The summed E-state index contributed by atoms with van der Waals surface area (Å²) in [6, 6.07) is 3.97. The van der Waals surface area contributed by atoms with Crippen LogP contribution in [0.3, 0.4) is 0 Å². The van der Waals surface area contributed by atoms with Gasteiger partial charge in [-0.3, -0.25) is 4.79 Å². The van der Waals surface area contributed by atoms with Gasteiger partial charge in [0.05, 0.1) is 6.61 Å². The summed E-state index contributed by atoms with van der Waals surface area (Å²) in [6.07, 6.45) is 0. The van der Waals surface area contributed by atoms with Gasteiger partial charge in [-0.05, 0) is 26.0 Å². The lowest BCUT2D eigenvalue weighted by atomic mass is 10.3. The van der Waals surface area contributed by atoms with Gasteiger partial charge in [0.1, 0.15) is 16.9 Å². The van der Waals surface area contributed by atoms with Gasteiger partial charge in [0.2, 0.25) is 0 Å². The molecule has 1 atom stereocenters. The smallest absolute Gasteiger partial charge is 0.328 e. The topological polar surface area (TPSA) is 68.3 Å². The molecule has 1 aromatic heterocycles. The molecule has 0 bridgehead atoms. The lowest BCUT2D eigenvalue weighted by Crippen LogP contribution is -2.39. The molecule has 0 aromatic carbocycles. The molecule has 92 valence electrons. The molecule has 0 aliphatic heterocycles. The number of halogens is 1. The second-order valence-electron chi connectivity index (χ2n) is 3.29. The Morgan fingerprint density at radius 2 is 2.24 bits per heavy atom. The van der Waals surface area contributed by atoms with E-state index in [9.17, 15) is 9.59 Å². The van der Waals surface area contributed by atoms with Crippen LogP contribution in [0.1, 0.15) is 24.3 Å². The fraction of sp³-hybridized carbons (Fsp3) is 0.364. The zero-order valence-corrected chi connectivity index (χ0v) is 10.3. The molecule has 0 spiro atoms. The summed E-state index contributed by atoms with van der Waals surface area (Å²) in [6.45, 7) is 3.51. The molecule has 1 heterocycles. The van der Waals surface area contributed by atoms with Gasteiger partial charge in [0.25, 0.3) is 5.91 Å². The van der Waals surface area contributed by atoms with Crippen LogP contribution >= 0.6 is 11.6 Å². The predicted molar refractivity (Wildman–Crippen MR) is 62.8 cm³/mol. The Morgan fingerprint density at radius 3 is 2.82 bits per heavy atom. The highest BCUT2D eigenvalue weighted by molar-refractivity contribution is 6.29. The van der Waals surface area contributed by atoms with E-state index in [1.807, 2.05) is 0 Å². The number of hydrogen-bond acceptors (Lipinski definition) is 4. The molecule has 0 fully saturated rings. The number of carbonyl (C=O) groups excluding carboxylic acids is 2. The number of pyridine rings is 1. The molecule has 0 aliphatic rings. The second kappa shape index (κ2) is 6.20. The molecular weight excluding hydrogens is 244 g/mol. The van der Waals surface area contributed by atoms with Gasteiger partial charge >= 0.3 is 5.97 Å². The van der Waals surface area contributed by atoms with Crippen LogP contribution < -0.4 is 5.32 Å². The van der Waals surface area contributed by atoms with E-state index in [2.05, 4.69) is 10.3 Å². The van der Waals surface area contributed by atoms with Crippen molar-refractivity contribution in [2.24, 2.45) is 0 Å². The summed E-state index contributed by atoms with van der Waals surface area (Å²) in [5.41, 5.74) is 0.161. The maximum Gasteiger partial charge on any atom is 0.328 e. The SMILES string of the molecule is CCOC(=O)C(C)NC(=O)c1cccc(Cl)n1. The first-order valence-corrected chi connectivity index (χ1v) is 5.52. The van der Waals surface area contributed by atoms with E-state index in [-0.39, 0.29) is 17.5 Å². The van der Waals surface area contributed by atoms with Crippen LogP contribution in [-0.2, 0) is 9.53 Å². The summed E-state index contributed by atoms with van der Waals surface area (Å²) in [4.78, 5) is 26.8. The number of amides is 1. The highest BCUT2D eigenvalue weighted by atomic mass is 35.5. The van der Waals surface area contributed by atoms with Gasteiger partial charge < -0.3 is 10.1 Å². The average Bonchev–Trinajstić information content (AvgIpc) is 2.29. The van der Waals surface area contributed by atoms with E-state index in [1.54, 1.807) is 26.0 Å². The molecule has 1 rings (SSSR count). The molecule has 1 aromatic rings. The van der Waals surface area contributed by atoms with Crippen molar-refractivity contribution in [3.8, 4) is 0 Å². The van der Waals surface area contributed by atoms with E-state index in [1.165, 1.54) is 6.07 Å². The van der Waals surface area contributed by atoms with E-state index >= 15 is 0 Å². The van der Waals surface area contributed by atoms with E-state index in [0.717, 1.165) is 0 Å². The average molecular weight is 257 g/mol. The van der Waals surface area contributed by atoms with Crippen molar-refractivity contribution >= 4 is 23.5 Å². The van der Waals surface area contributed by atoms with Gasteiger partial charge in [-0.15, -0.1) is 0 Å². The van der Waals surface area contributed by atoms with Crippen LogP contribution in [0.4, 0.5) is 0 Å². The van der Waals surface area contributed by atoms with Crippen molar-refractivity contribution in [2.75, 3.05) is 6.61 Å². The van der Waals surface area contributed by atoms with E-state index in [0.29, 0.717) is 0 Å². The minimum Gasteiger partial charge on any atom is -0.464 e. The third kappa shape index (κ3) is 4.03. The summed E-state index contributed by atoms with van der Waals surface area (Å²) in [5.74, 6) is -0.948. The Labute approximate surface area is 104 Å². The third-order valence-corrected chi connectivity index (χ3v) is 2.15. The monoisotopic (exact) mass is 256 g/mol. The van der Waals surface area contributed by atoms with Crippen LogP contribution in [0.2, 0.25) is 5.15 Å². The van der Waals surface area contributed by atoms with Crippen LogP contribution in [0.5, 0.6) is 0 Å². The number of aromatic nitrogens is 1.